The highest BCUT2D eigenvalue weighted by atomic mass is 79.9. The predicted molar refractivity (Wildman–Crippen MR) is 83.5 cm³/mol. The average molecular weight is 369 g/mol. The summed E-state index contributed by atoms with van der Waals surface area (Å²) < 4.78 is 6.66. The highest BCUT2D eigenvalue weighted by molar-refractivity contribution is 9.11. The first-order valence-electron chi connectivity index (χ1n) is 5.63. The summed E-state index contributed by atoms with van der Waals surface area (Å²) in [7, 11) is 0. The summed E-state index contributed by atoms with van der Waals surface area (Å²) in [4.78, 5) is 5.16. The molecule has 0 unspecified atom stereocenters. The number of anilines is 1. The summed E-state index contributed by atoms with van der Waals surface area (Å²) in [5, 5.41) is 8.95. The molecule has 0 saturated carbocycles. The number of halogens is 1. The topological polar surface area (TPSA) is 77.8 Å². The van der Waals surface area contributed by atoms with Gasteiger partial charge in [-0.15, -0.1) is 21.5 Å². The number of pyridine rings is 1. The molecule has 0 amide bonds. The zero-order valence-electron chi connectivity index (χ0n) is 10.1. The maximum atomic E-state index is 5.62. The van der Waals surface area contributed by atoms with Crippen LogP contribution in [0.5, 0.6) is 0 Å². The maximum Gasteiger partial charge on any atom is 0.257 e. The van der Waals surface area contributed by atoms with Crippen molar-refractivity contribution in [2.24, 2.45) is 0 Å². The largest absolute Gasteiger partial charge is 0.419 e. The third kappa shape index (κ3) is 3.20. The van der Waals surface area contributed by atoms with Crippen LogP contribution >= 0.6 is 39.0 Å². The molecule has 3 rings (SSSR count). The number of aromatic nitrogens is 3. The Morgan fingerprint density at radius 1 is 1.25 bits per heavy atom. The Hall–Kier alpha value is -1.38. The molecule has 2 N–H and O–H groups in total. The van der Waals surface area contributed by atoms with Gasteiger partial charge in [0.2, 0.25) is 5.89 Å². The number of thioether (sulfide) groups is 1. The van der Waals surface area contributed by atoms with E-state index < -0.39 is 0 Å². The van der Waals surface area contributed by atoms with Crippen LogP contribution in [-0.4, -0.2) is 15.2 Å². The van der Waals surface area contributed by atoms with Crippen LogP contribution in [0.2, 0.25) is 0 Å². The van der Waals surface area contributed by atoms with Crippen molar-refractivity contribution in [3.05, 3.63) is 40.1 Å². The van der Waals surface area contributed by atoms with E-state index in [4.69, 9.17) is 10.2 Å². The van der Waals surface area contributed by atoms with Crippen molar-refractivity contribution in [1.82, 2.24) is 15.2 Å². The van der Waals surface area contributed by atoms with Crippen LogP contribution in [0.15, 0.2) is 43.7 Å². The van der Waals surface area contributed by atoms with Gasteiger partial charge in [0.25, 0.3) is 5.89 Å². The van der Waals surface area contributed by atoms with Crippen LogP contribution in [0.25, 0.3) is 10.8 Å². The van der Waals surface area contributed by atoms with E-state index in [0.717, 1.165) is 13.7 Å². The molecule has 0 aliphatic carbocycles. The number of hydrogen-bond acceptors (Lipinski definition) is 7. The molecule has 0 aromatic carbocycles. The van der Waals surface area contributed by atoms with Crippen molar-refractivity contribution in [1.29, 1.82) is 0 Å². The molecule has 3 aromatic rings. The lowest BCUT2D eigenvalue weighted by molar-refractivity contribution is 0.529. The summed E-state index contributed by atoms with van der Waals surface area (Å²) in [5.74, 6) is 1.70. The second-order valence-electron chi connectivity index (χ2n) is 3.82. The zero-order chi connectivity index (χ0) is 13.9. The Morgan fingerprint density at radius 2 is 2.15 bits per heavy atom. The quantitative estimate of drug-likeness (QED) is 0.705. The number of thiophene rings is 1. The number of nitrogen functional groups attached to an aromatic ring is 1. The van der Waals surface area contributed by atoms with Crippen LogP contribution in [-0.2, 0) is 5.75 Å². The van der Waals surface area contributed by atoms with Crippen molar-refractivity contribution >= 4 is 44.7 Å². The van der Waals surface area contributed by atoms with E-state index in [1.54, 1.807) is 17.5 Å². The van der Waals surface area contributed by atoms with Gasteiger partial charge in [0, 0.05) is 0 Å². The first-order valence-corrected chi connectivity index (χ1v) is 8.22. The van der Waals surface area contributed by atoms with Crippen LogP contribution in [0.1, 0.15) is 5.89 Å². The molecule has 0 aliphatic heterocycles. The van der Waals surface area contributed by atoms with Gasteiger partial charge in [0.05, 0.1) is 31.3 Å². The number of nitrogens with zero attached hydrogens (tertiary/aromatic N) is 3. The molecule has 0 saturated heterocycles. The van der Waals surface area contributed by atoms with Crippen LogP contribution in [0.4, 0.5) is 5.69 Å². The molecular weight excluding hydrogens is 360 g/mol. The fourth-order valence-corrected chi connectivity index (χ4v) is 3.44. The van der Waals surface area contributed by atoms with Gasteiger partial charge in [-0.2, -0.15) is 0 Å². The molecule has 0 spiro atoms. The average Bonchev–Trinajstić information content (AvgIpc) is 3.07. The highest BCUT2D eigenvalue weighted by Crippen LogP contribution is 2.31. The van der Waals surface area contributed by atoms with Crippen molar-refractivity contribution in [3.63, 3.8) is 0 Å². The normalized spacial score (nSPS) is 10.8. The summed E-state index contributed by atoms with van der Waals surface area (Å²) in [6.07, 6.45) is 1.63. The molecule has 0 bridgehead atoms. The lowest BCUT2D eigenvalue weighted by Crippen LogP contribution is -1.87. The molecule has 0 aliphatic rings. The molecular formula is C12H9BrN4OS2. The highest BCUT2D eigenvalue weighted by Gasteiger charge is 2.11. The van der Waals surface area contributed by atoms with Gasteiger partial charge in [-0.3, -0.25) is 0 Å². The fraction of sp³-hybridized carbons (Fsp3) is 0.0833. The van der Waals surface area contributed by atoms with Crippen LogP contribution < -0.4 is 5.73 Å². The van der Waals surface area contributed by atoms with E-state index in [2.05, 4.69) is 31.1 Å². The third-order valence-corrected chi connectivity index (χ3v) is 4.89. The summed E-state index contributed by atoms with van der Waals surface area (Å²) in [5.41, 5.74) is 6.24. The minimum Gasteiger partial charge on any atom is -0.419 e. The predicted octanol–water partition coefficient (Wildman–Crippen LogP) is 3.83. The third-order valence-electron chi connectivity index (χ3n) is 2.35. The standard InChI is InChI=1S/C12H9BrN4OS2/c13-9-3-2-8(20-9)12-17-16-10(18-12)6-19-11-4-1-7(14)5-15-11/h1-5H,6,14H2. The van der Waals surface area contributed by atoms with Crippen LogP contribution in [0, 0.1) is 0 Å². The zero-order valence-corrected chi connectivity index (χ0v) is 13.3. The second-order valence-corrected chi connectivity index (χ2v) is 7.28. The van der Waals surface area contributed by atoms with E-state index in [1.165, 1.54) is 11.8 Å². The molecule has 102 valence electrons. The van der Waals surface area contributed by atoms with Crippen molar-refractivity contribution < 1.29 is 4.42 Å². The van der Waals surface area contributed by atoms with Gasteiger partial charge in [-0.1, -0.05) is 11.8 Å². The smallest absolute Gasteiger partial charge is 0.257 e. The number of nitrogens with two attached hydrogens (primary N) is 1. The summed E-state index contributed by atoms with van der Waals surface area (Å²) >= 11 is 6.49. The Kier molecular flexibility index (Phi) is 4.04. The fourth-order valence-electron chi connectivity index (χ4n) is 1.45. The maximum absolute atomic E-state index is 5.62. The van der Waals surface area contributed by atoms with Gasteiger partial charge in [0.15, 0.2) is 0 Å². The summed E-state index contributed by atoms with van der Waals surface area (Å²) in [6.45, 7) is 0. The monoisotopic (exact) mass is 368 g/mol. The van der Waals surface area contributed by atoms with Crippen molar-refractivity contribution in [3.8, 4) is 10.8 Å². The van der Waals surface area contributed by atoms with E-state index in [0.29, 0.717) is 23.2 Å². The second kappa shape index (κ2) is 5.94. The van der Waals surface area contributed by atoms with Crippen LogP contribution in [0.3, 0.4) is 0 Å². The lowest BCUT2D eigenvalue weighted by Gasteiger charge is -1.97. The number of rotatable bonds is 4. The molecule has 0 radical (unpaired) electrons. The molecule has 3 heterocycles. The van der Waals surface area contributed by atoms with Crippen molar-refractivity contribution in [2.45, 2.75) is 10.8 Å². The summed E-state index contributed by atoms with van der Waals surface area (Å²) in [6, 6.07) is 7.59. The van der Waals surface area contributed by atoms with Gasteiger partial charge in [-0.05, 0) is 40.2 Å². The Morgan fingerprint density at radius 3 is 2.85 bits per heavy atom. The van der Waals surface area contributed by atoms with E-state index >= 15 is 0 Å². The van der Waals surface area contributed by atoms with E-state index in [-0.39, 0.29) is 0 Å². The van der Waals surface area contributed by atoms with Gasteiger partial charge in [-0.25, -0.2) is 4.98 Å². The van der Waals surface area contributed by atoms with Gasteiger partial charge < -0.3 is 10.2 Å². The Bertz CT molecular complexity index is 710. The molecule has 0 atom stereocenters. The van der Waals surface area contributed by atoms with Gasteiger partial charge >= 0.3 is 0 Å². The van der Waals surface area contributed by atoms with Gasteiger partial charge in [0.1, 0.15) is 0 Å². The minimum absolute atomic E-state index is 0.543. The van der Waals surface area contributed by atoms with E-state index in [9.17, 15) is 0 Å². The molecule has 3 aromatic heterocycles. The van der Waals surface area contributed by atoms with E-state index in [1.807, 2.05) is 24.3 Å². The van der Waals surface area contributed by atoms with Crippen molar-refractivity contribution in [2.75, 3.05) is 5.73 Å². The SMILES string of the molecule is Nc1ccc(SCc2nnc(-c3ccc(Br)s3)o2)nc1. The first kappa shape index (κ1) is 13.6. The molecule has 20 heavy (non-hydrogen) atoms. The lowest BCUT2D eigenvalue weighted by atomic mass is 10.4. The molecule has 0 fully saturated rings. The minimum atomic E-state index is 0.543. The Balaban J connectivity index is 1.67. The molecule has 8 heteroatoms. The first-order chi connectivity index (χ1) is 9.70. The number of hydrogen-bond donors (Lipinski definition) is 1. The molecule has 5 nitrogen and oxygen atoms in total. The Labute approximate surface area is 131 Å².